The molecule has 5 rings (SSSR count). The maximum atomic E-state index is 14.0. The van der Waals surface area contributed by atoms with Gasteiger partial charge in [-0.05, 0) is 85.8 Å². The maximum absolute atomic E-state index is 14.0. The second-order valence-corrected chi connectivity index (χ2v) is 16.4. The molecule has 2 aromatic carbocycles. The van der Waals surface area contributed by atoms with Gasteiger partial charge in [-0.1, -0.05) is 51.1 Å². The summed E-state index contributed by atoms with van der Waals surface area (Å²) in [5.41, 5.74) is -0.102. The molecule has 4 atom stereocenters. The zero-order chi connectivity index (χ0) is 36.3. The highest BCUT2D eigenvalue weighted by Gasteiger charge is 2.61. The number of hydrogen-bond acceptors (Lipinski definition) is 8. The highest BCUT2D eigenvalue weighted by molar-refractivity contribution is 7.91. The maximum Gasteiger partial charge on any atom is 0.408 e. The number of hydrogen-bond donors (Lipinski definition) is 5. The number of rotatable bonds is 14. The smallest absolute Gasteiger partial charge is 0.408 e. The van der Waals surface area contributed by atoms with Crippen molar-refractivity contribution in [2.75, 3.05) is 11.9 Å². The van der Waals surface area contributed by atoms with Crippen LogP contribution in [-0.2, 0) is 29.1 Å². The number of carbonyl (C=O) groups is 4. The standard InChI is InChI=1S/C36H46FN5O7S/c1-5-24-20-36(24,33(45)42-50(47,48)28-18-19-28)41-31(43)29(21-38-26-16-12-23(13-17-26)22-10-14-25(37)15-11-22)39-32(44)30(35(2,3)4)40-34(46)49-27-8-6-7-9-27/h5,10-17,24,27-30,38H,1,6-9,18-21H2,2-4H3,(H,39,44)(H,40,46)(H,41,43)(H,42,45)/t24-,29+,30-,36-/m1/s1. The number of sulfonamides is 1. The lowest BCUT2D eigenvalue weighted by Gasteiger charge is -2.32. The van der Waals surface area contributed by atoms with E-state index in [9.17, 15) is 32.0 Å². The number of anilines is 1. The fraction of sp³-hybridized carbons (Fsp3) is 0.500. The Labute approximate surface area is 292 Å². The van der Waals surface area contributed by atoms with E-state index in [1.165, 1.54) is 18.2 Å². The first-order chi connectivity index (χ1) is 23.6. The lowest BCUT2D eigenvalue weighted by molar-refractivity contribution is -0.133. The number of benzene rings is 2. The molecular formula is C36H46FN5O7S. The molecule has 5 N–H and O–H groups in total. The average Bonchev–Trinajstić information content (AvgIpc) is 3.98. The number of nitrogens with one attached hydrogen (secondary N) is 5. The minimum absolute atomic E-state index is 0.131. The SMILES string of the molecule is C=C[C@@H]1C[C@]1(NC(=O)[C@H](CNc1ccc(-c2ccc(F)cc2)cc1)NC(=O)[C@@H](NC(=O)OC1CCCC1)C(C)(C)C)C(=O)NS(=O)(=O)C1CC1. The number of halogens is 1. The van der Waals surface area contributed by atoms with E-state index in [0.29, 0.717) is 18.5 Å². The van der Waals surface area contributed by atoms with Gasteiger partial charge < -0.3 is 26.0 Å². The van der Waals surface area contributed by atoms with Gasteiger partial charge in [0, 0.05) is 18.2 Å². The average molecular weight is 712 g/mol. The highest BCUT2D eigenvalue weighted by Crippen LogP contribution is 2.45. The summed E-state index contributed by atoms with van der Waals surface area (Å²) in [5.74, 6) is -3.12. The lowest BCUT2D eigenvalue weighted by atomic mass is 9.86. The molecule has 50 heavy (non-hydrogen) atoms. The van der Waals surface area contributed by atoms with Crippen LogP contribution in [-0.4, -0.2) is 67.8 Å². The number of alkyl carbamates (subject to hydrolysis) is 1. The van der Waals surface area contributed by atoms with E-state index in [2.05, 4.69) is 32.6 Å². The minimum Gasteiger partial charge on any atom is -0.446 e. The zero-order valence-corrected chi connectivity index (χ0v) is 29.4. The predicted molar refractivity (Wildman–Crippen MR) is 187 cm³/mol. The molecule has 0 radical (unpaired) electrons. The van der Waals surface area contributed by atoms with Gasteiger partial charge in [0.15, 0.2) is 0 Å². The molecule has 0 heterocycles. The van der Waals surface area contributed by atoms with Gasteiger partial charge in [-0.3, -0.25) is 19.1 Å². The summed E-state index contributed by atoms with van der Waals surface area (Å²) in [6, 6.07) is 10.9. The van der Waals surface area contributed by atoms with Gasteiger partial charge in [0.1, 0.15) is 29.5 Å². The molecule has 2 aromatic rings. The van der Waals surface area contributed by atoms with Crippen LogP contribution >= 0.6 is 0 Å². The molecule has 0 aliphatic heterocycles. The molecule has 3 fully saturated rings. The number of carbonyl (C=O) groups excluding carboxylic acids is 4. The summed E-state index contributed by atoms with van der Waals surface area (Å²) >= 11 is 0. The monoisotopic (exact) mass is 711 g/mol. The summed E-state index contributed by atoms with van der Waals surface area (Å²) in [6.45, 7) is 8.90. The summed E-state index contributed by atoms with van der Waals surface area (Å²) in [4.78, 5) is 53.9. The third kappa shape index (κ3) is 9.01. The quantitative estimate of drug-likeness (QED) is 0.182. The van der Waals surface area contributed by atoms with E-state index >= 15 is 0 Å². The Morgan fingerprint density at radius 1 is 0.940 bits per heavy atom. The van der Waals surface area contributed by atoms with Crippen molar-refractivity contribution in [1.82, 2.24) is 20.7 Å². The topological polar surface area (TPSA) is 172 Å². The molecule has 0 saturated heterocycles. The van der Waals surface area contributed by atoms with E-state index in [4.69, 9.17) is 4.74 Å². The van der Waals surface area contributed by atoms with Crippen molar-refractivity contribution in [3.05, 3.63) is 67.0 Å². The third-order valence-electron chi connectivity index (χ3n) is 9.42. The van der Waals surface area contributed by atoms with Crippen LogP contribution in [0.3, 0.4) is 0 Å². The summed E-state index contributed by atoms with van der Waals surface area (Å²) in [7, 11) is -3.89. The molecule has 0 aromatic heterocycles. The van der Waals surface area contributed by atoms with E-state index in [1.807, 2.05) is 12.1 Å². The fourth-order valence-corrected chi connectivity index (χ4v) is 7.48. The van der Waals surface area contributed by atoms with Crippen LogP contribution in [0.15, 0.2) is 61.2 Å². The molecule has 3 saturated carbocycles. The van der Waals surface area contributed by atoms with E-state index in [0.717, 1.165) is 36.8 Å². The van der Waals surface area contributed by atoms with Crippen LogP contribution in [0.25, 0.3) is 11.1 Å². The second-order valence-electron chi connectivity index (χ2n) is 14.5. The van der Waals surface area contributed by atoms with Gasteiger partial charge in [0.05, 0.1) is 5.25 Å². The van der Waals surface area contributed by atoms with Crippen molar-refractivity contribution in [2.45, 2.75) is 94.7 Å². The van der Waals surface area contributed by atoms with Crippen molar-refractivity contribution in [3.63, 3.8) is 0 Å². The highest BCUT2D eigenvalue weighted by atomic mass is 32.2. The first kappa shape index (κ1) is 36.8. The Kier molecular flexibility index (Phi) is 10.9. The van der Waals surface area contributed by atoms with Crippen molar-refractivity contribution in [2.24, 2.45) is 11.3 Å². The van der Waals surface area contributed by atoms with Gasteiger partial charge in [-0.15, -0.1) is 6.58 Å². The van der Waals surface area contributed by atoms with Gasteiger partial charge in [0.25, 0.3) is 5.91 Å². The van der Waals surface area contributed by atoms with Crippen molar-refractivity contribution in [3.8, 4) is 11.1 Å². The van der Waals surface area contributed by atoms with Crippen molar-refractivity contribution < 1.29 is 36.7 Å². The molecule has 12 nitrogen and oxygen atoms in total. The van der Waals surface area contributed by atoms with E-state index in [-0.39, 0.29) is 24.9 Å². The molecule has 3 aliphatic carbocycles. The largest absolute Gasteiger partial charge is 0.446 e. The molecule has 4 amide bonds. The molecule has 0 bridgehead atoms. The van der Waals surface area contributed by atoms with Gasteiger partial charge >= 0.3 is 6.09 Å². The van der Waals surface area contributed by atoms with Gasteiger partial charge in [-0.25, -0.2) is 17.6 Å². The predicted octanol–water partition coefficient (Wildman–Crippen LogP) is 4.14. The first-order valence-electron chi connectivity index (χ1n) is 17.0. The molecule has 0 spiro atoms. The van der Waals surface area contributed by atoms with Gasteiger partial charge in [-0.2, -0.15) is 0 Å². The Balaban J connectivity index is 1.33. The molecule has 0 unspecified atom stereocenters. The van der Waals surface area contributed by atoms with Crippen LogP contribution in [0.2, 0.25) is 0 Å². The van der Waals surface area contributed by atoms with Crippen LogP contribution in [0.5, 0.6) is 0 Å². The minimum atomic E-state index is -3.89. The van der Waals surface area contributed by atoms with Crippen LogP contribution in [0.4, 0.5) is 14.9 Å². The zero-order valence-electron chi connectivity index (χ0n) is 28.6. The van der Waals surface area contributed by atoms with Crippen molar-refractivity contribution >= 4 is 39.5 Å². The number of amides is 4. The summed E-state index contributed by atoms with van der Waals surface area (Å²) in [6.07, 6.45) is 4.98. The Hall–Kier alpha value is -4.46. The van der Waals surface area contributed by atoms with E-state index in [1.54, 1.807) is 45.0 Å². The normalized spacial score (nSPS) is 21.6. The third-order valence-corrected chi connectivity index (χ3v) is 11.2. The van der Waals surface area contributed by atoms with Crippen molar-refractivity contribution in [1.29, 1.82) is 0 Å². The Morgan fingerprint density at radius 3 is 2.08 bits per heavy atom. The van der Waals surface area contributed by atoms with Crippen LogP contribution in [0.1, 0.15) is 65.7 Å². The van der Waals surface area contributed by atoms with Crippen LogP contribution in [0, 0.1) is 17.2 Å². The molecule has 270 valence electrons. The fourth-order valence-electron chi connectivity index (χ4n) is 6.11. The Morgan fingerprint density at radius 2 is 1.54 bits per heavy atom. The van der Waals surface area contributed by atoms with Crippen LogP contribution < -0.4 is 26.0 Å². The van der Waals surface area contributed by atoms with E-state index < -0.39 is 68.0 Å². The summed E-state index contributed by atoms with van der Waals surface area (Å²) in [5, 5.41) is 10.6. The molecule has 3 aliphatic rings. The Bertz CT molecular complexity index is 1700. The number of ether oxygens (including phenoxy) is 1. The summed E-state index contributed by atoms with van der Waals surface area (Å²) < 4.78 is 46.3. The molecule has 14 heteroatoms. The lowest BCUT2D eigenvalue weighted by Crippen LogP contribution is -2.62. The van der Waals surface area contributed by atoms with Gasteiger partial charge in [0.2, 0.25) is 21.8 Å². The second kappa shape index (κ2) is 14.8. The molecular weight excluding hydrogens is 665 g/mol. The first-order valence-corrected chi connectivity index (χ1v) is 18.5.